The second kappa shape index (κ2) is 6.06. The molecule has 3 nitrogen and oxygen atoms in total. The molecule has 1 amide bonds. The molecule has 1 heterocycles. The van der Waals surface area contributed by atoms with Crippen molar-refractivity contribution in [2.45, 2.75) is 19.4 Å². The van der Waals surface area contributed by atoms with E-state index in [2.05, 4.69) is 42.2 Å². The van der Waals surface area contributed by atoms with Gasteiger partial charge in [0.15, 0.2) is 0 Å². The Bertz CT molecular complexity index is 624. The van der Waals surface area contributed by atoms with Crippen LogP contribution in [0, 0.1) is 0 Å². The number of pyridine rings is 1. The minimum absolute atomic E-state index is 0.155. The van der Waals surface area contributed by atoms with Gasteiger partial charge in [-0.1, -0.05) is 28.1 Å². The van der Waals surface area contributed by atoms with E-state index in [0.717, 1.165) is 10.0 Å². The number of carbonyl (C=O) groups excluding carboxylic acids is 1. The lowest BCUT2D eigenvalue weighted by Gasteiger charge is -2.27. The fourth-order valence-corrected chi connectivity index (χ4v) is 2.54. The molecular weight excluding hydrogens is 384 g/mol. The van der Waals surface area contributed by atoms with Gasteiger partial charge in [0.2, 0.25) is 0 Å². The van der Waals surface area contributed by atoms with Crippen molar-refractivity contribution in [1.29, 1.82) is 0 Å². The van der Waals surface area contributed by atoms with Crippen LogP contribution in [-0.4, -0.2) is 10.9 Å². The number of halogens is 2. The first-order valence-electron chi connectivity index (χ1n) is 6.09. The van der Waals surface area contributed by atoms with E-state index < -0.39 is 5.54 Å². The summed E-state index contributed by atoms with van der Waals surface area (Å²) >= 11 is 6.70. The maximum Gasteiger partial charge on any atom is 0.254 e. The number of hydrogen-bond donors (Lipinski definition) is 1. The predicted molar refractivity (Wildman–Crippen MR) is 86.6 cm³/mol. The Hall–Kier alpha value is -1.20. The Labute approximate surface area is 135 Å². The summed E-state index contributed by atoms with van der Waals surface area (Å²) in [7, 11) is 0. The summed E-state index contributed by atoms with van der Waals surface area (Å²) in [5, 5.41) is 3.02. The highest BCUT2D eigenvalue weighted by Gasteiger charge is 2.24. The van der Waals surface area contributed by atoms with Crippen molar-refractivity contribution in [3.63, 3.8) is 0 Å². The van der Waals surface area contributed by atoms with Crippen LogP contribution in [0.15, 0.2) is 51.7 Å². The van der Waals surface area contributed by atoms with Gasteiger partial charge in [-0.15, -0.1) is 0 Å². The fourth-order valence-electron chi connectivity index (χ4n) is 1.85. The summed E-state index contributed by atoms with van der Waals surface area (Å²) in [4.78, 5) is 16.4. The number of rotatable bonds is 3. The smallest absolute Gasteiger partial charge is 0.254 e. The summed E-state index contributed by atoms with van der Waals surface area (Å²) in [6.45, 7) is 3.94. The molecular formula is C15H14Br2N2O. The number of aromatic nitrogens is 1. The summed E-state index contributed by atoms with van der Waals surface area (Å²) < 4.78 is 1.56. The van der Waals surface area contributed by atoms with Crippen molar-refractivity contribution in [2.75, 3.05) is 0 Å². The van der Waals surface area contributed by atoms with Crippen LogP contribution in [-0.2, 0) is 5.54 Å². The van der Waals surface area contributed by atoms with Crippen molar-refractivity contribution in [3.05, 3.63) is 62.8 Å². The van der Waals surface area contributed by atoms with Crippen LogP contribution in [0.3, 0.4) is 0 Å². The minimum Gasteiger partial charge on any atom is -0.343 e. The third-order valence-electron chi connectivity index (χ3n) is 3.00. The van der Waals surface area contributed by atoms with Crippen LogP contribution < -0.4 is 5.32 Å². The van der Waals surface area contributed by atoms with Gasteiger partial charge in [-0.05, 0) is 59.6 Å². The summed E-state index contributed by atoms with van der Waals surface area (Å²) in [6, 6.07) is 11.4. The van der Waals surface area contributed by atoms with E-state index in [1.165, 1.54) is 0 Å². The zero-order valence-corrected chi connectivity index (χ0v) is 14.3. The first-order chi connectivity index (χ1) is 9.40. The van der Waals surface area contributed by atoms with E-state index in [1.807, 2.05) is 38.1 Å². The maximum atomic E-state index is 12.3. The monoisotopic (exact) mass is 396 g/mol. The van der Waals surface area contributed by atoms with Gasteiger partial charge in [0.25, 0.3) is 5.91 Å². The molecule has 20 heavy (non-hydrogen) atoms. The zero-order valence-electron chi connectivity index (χ0n) is 11.2. The van der Waals surface area contributed by atoms with E-state index in [0.29, 0.717) is 10.2 Å². The molecule has 0 spiro atoms. The highest BCUT2D eigenvalue weighted by atomic mass is 79.9. The van der Waals surface area contributed by atoms with Crippen molar-refractivity contribution >= 4 is 37.8 Å². The quantitative estimate of drug-likeness (QED) is 0.785. The van der Waals surface area contributed by atoms with E-state index >= 15 is 0 Å². The lowest BCUT2D eigenvalue weighted by atomic mass is 9.94. The Morgan fingerprint density at radius 3 is 2.40 bits per heavy atom. The molecule has 104 valence electrons. The van der Waals surface area contributed by atoms with Crippen LogP contribution in [0.1, 0.15) is 29.8 Å². The average Bonchev–Trinajstić information content (AvgIpc) is 2.39. The van der Waals surface area contributed by atoms with Gasteiger partial charge >= 0.3 is 0 Å². The number of nitrogens with zero attached hydrogens (tertiary/aromatic N) is 1. The number of nitrogens with one attached hydrogen (secondary N) is 1. The number of carbonyl (C=O) groups is 1. The molecule has 2 rings (SSSR count). The van der Waals surface area contributed by atoms with Crippen molar-refractivity contribution < 1.29 is 4.79 Å². The first kappa shape index (κ1) is 15.2. The van der Waals surface area contributed by atoms with Gasteiger partial charge in [0, 0.05) is 10.7 Å². The van der Waals surface area contributed by atoms with Crippen LogP contribution >= 0.6 is 31.9 Å². The molecule has 2 aromatic rings. The second-order valence-corrected chi connectivity index (χ2v) is 6.59. The van der Waals surface area contributed by atoms with Crippen LogP contribution in [0.2, 0.25) is 0 Å². The van der Waals surface area contributed by atoms with Gasteiger partial charge in [-0.25, -0.2) is 4.98 Å². The largest absolute Gasteiger partial charge is 0.343 e. The van der Waals surface area contributed by atoms with Gasteiger partial charge in [-0.2, -0.15) is 0 Å². The predicted octanol–water partition coefficient (Wildman–Crippen LogP) is 4.27. The highest BCUT2D eigenvalue weighted by molar-refractivity contribution is 9.10. The lowest BCUT2D eigenvalue weighted by Crippen LogP contribution is -2.41. The van der Waals surface area contributed by atoms with Crippen molar-refractivity contribution in [3.8, 4) is 0 Å². The van der Waals surface area contributed by atoms with Crippen LogP contribution in [0.4, 0.5) is 0 Å². The minimum atomic E-state index is -0.465. The fraction of sp³-hybridized carbons (Fsp3) is 0.200. The molecule has 1 aromatic heterocycles. The maximum absolute atomic E-state index is 12.3. The van der Waals surface area contributed by atoms with E-state index in [-0.39, 0.29) is 5.91 Å². The summed E-state index contributed by atoms with van der Waals surface area (Å²) in [5.74, 6) is -0.155. The normalized spacial score (nSPS) is 11.2. The molecule has 0 aliphatic carbocycles. The van der Waals surface area contributed by atoms with E-state index in [4.69, 9.17) is 0 Å². The van der Waals surface area contributed by atoms with Gasteiger partial charge < -0.3 is 5.32 Å². The molecule has 0 radical (unpaired) electrons. The number of amides is 1. The lowest BCUT2D eigenvalue weighted by molar-refractivity contribution is 0.0911. The number of hydrogen-bond acceptors (Lipinski definition) is 2. The van der Waals surface area contributed by atoms with Gasteiger partial charge in [0.1, 0.15) is 4.60 Å². The molecule has 0 bridgehead atoms. The Morgan fingerprint density at radius 2 is 1.80 bits per heavy atom. The summed E-state index contributed by atoms with van der Waals surface area (Å²) in [5.41, 5.74) is 1.10. The third kappa shape index (κ3) is 3.46. The standard InChI is InChI=1S/C15H14Br2N2O/c1-15(2,10-5-7-11(16)8-6-10)19-14(20)12-4-3-9-18-13(12)17/h3-9H,1-2H3,(H,19,20). The van der Waals surface area contributed by atoms with Gasteiger partial charge in [-0.3, -0.25) is 4.79 Å². The Balaban J connectivity index is 2.22. The SMILES string of the molecule is CC(C)(NC(=O)c1cccnc1Br)c1ccc(Br)cc1. The molecule has 0 aliphatic heterocycles. The first-order valence-corrected chi connectivity index (χ1v) is 7.68. The third-order valence-corrected chi connectivity index (χ3v) is 4.16. The molecule has 5 heteroatoms. The average molecular weight is 398 g/mol. The van der Waals surface area contributed by atoms with Gasteiger partial charge in [0.05, 0.1) is 11.1 Å². The molecule has 0 aliphatic rings. The van der Waals surface area contributed by atoms with Crippen molar-refractivity contribution in [2.24, 2.45) is 0 Å². The molecule has 1 N–H and O–H groups in total. The van der Waals surface area contributed by atoms with E-state index in [1.54, 1.807) is 18.3 Å². The van der Waals surface area contributed by atoms with Crippen LogP contribution in [0.5, 0.6) is 0 Å². The molecule has 1 aromatic carbocycles. The Kier molecular flexibility index (Phi) is 4.60. The molecule has 0 atom stereocenters. The second-order valence-electron chi connectivity index (χ2n) is 4.93. The molecule has 0 saturated heterocycles. The molecule has 0 fully saturated rings. The molecule has 0 saturated carbocycles. The summed E-state index contributed by atoms with van der Waals surface area (Å²) in [6.07, 6.45) is 1.64. The topological polar surface area (TPSA) is 42.0 Å². The van der Waals surface area contributed by atoms with Crippen LogP contribution in [0.25, 0.3) is 0 Å². The number of benzene rings is 1. The van der Waals surface area contributed by atoms with Crippen molar-refractivity contribution in [1.82, 2.24) is 10.3 Å². The zero-order chi connectivity index (χ0) is 14.8. The highest BCUT2D eigenvalue weighted by Crippen LogP contribution is 2.23. The molecule has 0 unspecified atom stereocenters. The van der Waals surface area contributed by atoms with E-state index in [9.17, 15) is 4.79 Å². The Morgan fingerprint density at radius 1 is 1.15 bits per heavy atom.